The molecule has 8 nitrogen and oxygen atoms in total. The third-order valence-electron chi connectivity index (χ3n) is 9.53. The molecule has 0 bridgehead atoms. The second-order valence-electron chi connectivity index (χ2n) is 12.4. The number of hydrogen-bond acceptors (Lipinski definition) is 8. The zero-order valence-corrected chi connectivity index (χ0v) is 26.4. The number of fused-ring (bicyclic) bond motifs is 2. The Kier molecular flexibility index (Phi) is 8.71. The van der Waals surface area contributed by atoms with Gasteiger partial charge in [-0.25, -0.2) is 9.37 Å². The minimum absolute atomic E-state index is 0.189. The van der Waals surface area contributed by atoms with Gasteiger partial charge in [0.15, 0.2) is 6.23 Å². The molecule has 10 heteroatoms. The number of piperazine rings is 1. The lowest BCUT2D eigenvalue weighted by molar-refractivity contribution is -0.0397. The number of pyridine rings is 1. The molecular formula is C34H40ClFN6O2. The molecule has 6 rings (SSSR count). The molecule has 0 saturated carbocycles. The molecule has 0 radical (unpaired) electrons. The molecule has 4 heterocycles. The highest BCUT2D eigenvalue weighted by Gasteiger charge is 2.38. The number of aliphatic hydroxyl groups excluding tert-OH is 1. The summed E-state index contributed by atoms with van der Waals surface area (Å²) >= 11 is 6.71. The Balaban J connectivity index is 1.40. The van der Waals surface area contributed by atoms with E-state index in [1.165, 1.54) is 0 Å². The molecule has 3 aliphatic rings. The van der Waals surface area contributed by atoms with Crippen LogP contribution in [-0.2, 0) is 13.0 Å². The predicted octanol–water partition coefficient (Wildman–Crippen LogP) is 5.50. The topological polar surface area (TPSA) is 79.1 Å². The van der Waals surface area contributed by atoms with E-state index in [1.807, 2.05) is 26.0 Å². The van der Waals surface area contributed by atoms with Gasteiger partial charge in [0.25, 0.3) is 0 Å². The van der Waals surface area contributed by atoms with Gasteiger partial charge in [-0.1, -0.05) is 42.4 Å². The van der Waals surface area contributed by atoms with Crippen molar-refractivity contribution in [3.63, 3.8) is 0 Å². The van der Waals surface area contributed by atoms with Crippen LogP contribution in [0.15, 0.2) is 48.8 Å². The number of likely N-dealkylation sites (N-methyl/N-ethyl adjacent to an activating group) is 1. The lowest BCUT2D eigenvalue weighted by Gasteiger charge is -2.47. The molecular weight excluding hydrogens is 579 g/mol. The highest BCUT2D eigenvalue weighted by molar-refractivity contribution is 6.36. The van der Waals surface area contributed by atoms with Crippen LogP contribution in [0.2, 0.25) is 5.02 Å². The number of anilines is 2. The fourth-order valence-corrected chi connectivity index (χ4v) is 7.64. The van der Waals surface area contributed by atoms with Crippen LogP contribution >= 0.6 is 11.6 Å². The molecule has 44 heavy (non-hydrogen) atoms. The number of rotatable bonds is 7. The van der Waals surface area contributed by atoms with Crippen molar-refractivity contribution in [1.29, 1.82) is 5.26 Å². The number of likely N-dealkylation sites (tertiary alicyclic amines) is 1. The average molecular weight is 619 g/mol. The van der Waals surface area contributed by atoms with Crippen LogP contribution in [0.25, 0.3) is 10.8 Å². The first-order valence-electron chi connectivity index (χ1n) is 15.4. The smallest absolute Gasteiger partial charge is 0.234 e. The highest BCUT2D eigenvalue weighted by Crippen LogP contribution is 2.41. The summed E-state index contributed by atoms with van der Waals surface area (Å²) in [5.41, 5.74) is 4.25. The number of aromatic nitrogens is 1. The molecule has 4 atom stereocenters. The van der Waals surface area contributed by atoms with E-state index in [9.17, 15) is 14.8 Å². The fraction of sp³-hybridized carbons (Fsp3) is 0.471. The predicted molar refractivity (Wildman–Crippen MR) is 173 cm³/mol. The van der Waals surface area contributed by atoms with Gasteiger partial charge in [-0.05, 0) is 64.2 Å². The second-order valence-corrected chi connectivity index (χ2v) is 12.8. The summed E-state index contributed by atoms with van der Waals surface area (Å²) in [5, 5.41) is 23.9. The number of halogens is 2. The van der Waals surface area contributed by atoms with Gasteiger partial charge in [0.1, 0.15) is 24.1 Å². The van der Waals surface area contributed by atoms with Gasteiger partial charge in [-0.15, -0.1) is 0 Å². The Morgan fingerprint density at radius 3 is 2.57 bits per heavy atom. The third-order valence-corrected chi connectivity index (χ3v) is 9.84. The minimum Gasteiger partial charge on any atom is -0.475 e. The highest BCUT2D eigenvalue weighted by atomic mass is 35.5. The fourth-order valence-electron chi connectivity index (χ4n) is 7.36. The Hall–Kier alpha value is -3.42. The van der Waals surface area contributed by atoms with Crippen molar-refractivity contribution >= 4 is 33.7 Å². The van der Waals surface area contributed by atoms with Crippen LogP contribution in [-0.4, -0.2) is 84.1 Å². The molecule has 2 aromatic carbocycles. The van der Waals surface area contributed by atoms with Gasteiger partial charge in [-0.3, -0.25) is 4.90 Å². The number of nitriles is 1. The van der Waals surface area contributed by atoms with Gasteiger partial charge in [0.05, 0.1) is 22.9 Å². The molecule has 1 aromatic heterocycles. The van der Waals surface area contributed by atoms with Crippen molar-refractivity contribution in [3.8, 4) is 11.9 Å². The van der Waals surface area contributed by atoms with Crippen molar-refractivity contribution in [3.05, 3.63) is 70.6 Å². The van der Waals surface area contributed by atoms with E-state index in [-0.39, 0.29) is 18.1 Å². The van der Waals surface area contributed by atoms with Crippen molar-refractivity contribution in [2.45, 2.75) is 64.0 Å². The summed E-state index contributed by atoms with van der Waals surface area (Å²) in [7, 11) is 2.11. The quantitative estimate of drug-likeness (QED) is 0.372. The summed E-state index contributed by atoms with van der Waals surface area (Å²) in [6.45, 7) is 11.0. The van der Waals surface area contributed by atoms with E-state index < -0.39 is 12.1 Å². The maximum atomic E-state index is 14.0. The van der Waals surface area contributed by atoms with Crippen molar-refractivity contribution in [1.82, 2.24) is 14.8 Å². The second kappa shape index (κ2) is 12.5. The molecule has 232 valence electrons. The Morgan fingerprint density at radius 1 is 1.18 bits per heavy atom. The average Bonchev–Trinajstić information content (AvgIpc) is 3.42. The van der Waals surface area contributed by atoms with E-state index in [0.717, 1.165) is 59.3 Å². The summed E-state index contributed by atoms with van der Waals surface area (Å²) in [6, 6.07) is 14.5. The molecule has 1 unspecified atom stereocenters. The number of ether oxygens (including phenoxy) is 1. The lowest BCUT2D eigenvalue weighted by Crippen LogP contribution is -2.60. The first-order chi connectivity index (χ1) is 21.2. The SMILES string of the molecule is C=C(F)C(O)N1[C@H](C)CN(c2c(C#N)c(OC[C@@H]3CCCN3C)nc3c2CCN(c2cccc4cccc(Cl)c24)C3)C[C@@H]1C. The molecule has 2 saturated heterocycles. The molecule has 0 spiro atoms. The summed E-state index contributed by atoms with van der Waals surface area (Å²) in [5.74, 6) is -0.406. The van der Waals surface area contributed by atoms with Crippen LogP contribution < -0.4 is 14.5 Å². The molecule has 2 fully saturated rings. The van der Waals surface area contributed by atoms with Crippen molar-refractivity contribution < 1.29 is 14.2 Å². The maximum absolute atomic E-state index is 14.0. The Morgan fingerprint density at radius 2 is 1.91 bits per heavy atom. The zero-order chi connectivity index (χ0) is 31.1. The summed E-state index contributed by atoms with van der Waals surface area (Å²) in [6.07, 6.45) is 1.49. The third kappa shape index (κ3) is 5.61. The van der Waals surface area contributed by atoms with Gasteiger partial charge < -0.3 is 24.5 Å². The van der Waals surface area contributed by atoms with Crippen molar-refractivity contribution in [2.24, 2.45) is 0 Å². The van der Waals surface area contributed by atoms with Gasteiger partial charge in [0.2, 0.25) is 5.88 Å². The lowest BCUT2D eigenvalue weighted by atomic mass is 9.96. The summed E-state index contributed by atoms with van der Waals surface area (Å²) in [4.78, 5) is 13.6. The van der Waals surface area contributed by atoms with Crippen LogP contribution in [0.5, 0.6) is 5.88 Å². The van der Waals surface area contributed by atoms with Crippen LogP contribution in [0.3, 0.4) is 0 Å². The largest absolute Gasteiger partial charge is 0.475 e. The van der Waals surface area contributed by atoms with Gasteiger partial charge in [0, 0.05) is 54.4 Å². The van der Waals surface area contributed by atoms with E-state index in [2.05, 4.69) is 58.7 Å². The number of aliphatic hydroxyl groups is 1. The standard InChI is InChI=1S/C34H40ClFN6O2/c1-21-17-41(18-22(2)42(21)34(43)23(3)36)32-26-13-15-40(30-12-6-9-24-8-5-11-28(35)31(24)30)19-29(26)38-33(27(32)16-37)44-20-25-10-7-14-39(25)4/h5-6,8-9,11-12,21-22,25,34,43H,3,7,10,13-15,17-20H2,1-2,4H3/t21-,22+,25-,34?/m0/s1. The number of hydrogen-bond donors (Lipinski definition) is 1. The maximum Gasteiger partial charge on any atom is 0.234 e. The van der Waals surface area contributed by atoms with E-state index >= 15 is 0 Å². The molecule has 1 N–H and O–H groups in total. The molecule has 3 aliphatic heterocycles. The van der Waals surface area contributed by atoms with E-state index in [0.29, 0.717) is 49.1 Å². The van der Waals surface area contributed by atoms with Crippen LogP contribution in [0, 0.1) is 11.3 Å². The van der Waals surface area contributed by atoms with Gasteiger partial charge >= 0.3 is 0 Å². The Bertz CT molecular complexity index is 1590. The first-order valence-corrected chi connectivity index (χ1v) is 15.8. The normalized spacial score (nSPS) is 23.4. The van der Waals surface area contributed by atoms with Crippen LogP contribution in [0.1, 0.15) is 43.5 Å². The Labute approximate surface area is 263 Å². The molecule has 0 amide bonds. The zero-order valence-electron chi connectivity index (χ0n) is 25.6. The van der Waals surface area contributed by atoms with E-state index in [4.69, 9.17) is 21.3 Å². The van der Waals surface area contributed by atoms with Crippen LogP contribution in [0.4, 0.5) is 15.8 Å². The number of nitrogens with zero attached hydrogens (tertiary/aromatic N) is 6. The monoisotopic (exact) mass is 618 g/mol. The number of benzene rings is 2. The van der Waals surface area contributed by atoms with Gasteiger partial charge in [-0.2, -0.15) is 5.26 Å². The molecule has 3 aromatic rings. The summed E-state index contributed by atoms with van der Waals surface area (Å²) < 4.78 is 20.4. The minimum atomic E-state index is -1.37. The van der Waals surface area contributed by atoms with E-state index in [1.54, 1.807) is 4.90 Å². The first kappa shape index (κ1) is 30.6. The molecule has 0 aliphatic carbocycles. The van der Waals surface area contributed by atoms with Crippen molar-refractivity contribution in [2.75, 3.05) is 49.6 Å².